The summed E-state index contributed by atoms with van der Waals surface area (Å²) in [4.78, 5) is 22.1. The smallest absolute Gasteiger partial charge is 0.270 e. The molecule has 1 atom stereocenters. The number of rotatable bonds is 4. The van der Waals surface area contributed by atoms with Crippen LogP contribution in [0, 0.1) is 15.9 Å². The van der Waals surface area contributed by atoms with Gasteiger partial charge in [-0.1, -0.05) is 30.3 Å². The number of hydrogen-bond acceptors (Lipinski definition) is 3. The lowest BCUT2D eigenvalue weighted by atomic mass is 10.1. The van der Waals surface area contributed by atoms with Crippen LogP contribution in [-0.2, 0) is 0 Å². The number of carbonyl (C=O) groups excluding carboxylic acids is 1. The Morgan fingerprint density at radius 3 is 2.52 bits per heavy atom. The molecule has 0 aromatic heterocycles. The number of amides is 1. The van der Waals surface area contributed by atoms with Crippen molar-refractivity contribution in [3.05, 3.63) is 75.6 Å². The largest absolute Gasteiger partial charge is 0.345 e. The summed E-state index contributed by atoms with van der Waals surface area (Å²) in [6.45, 7) is 1.75. The van der Waals surface area contributed by atoms with E-state index in [4.69, 9.17) is 0 Å². The molecule has 0 bridgehead atoms. The molecule has 108 valence electrons. The third-order valence-corrected chi connectivity index (χ3v) is 3.05. The van der Waals surface area contributed by atoms with Crippen molar-refractivity contribution in [1.29, 1.82) is 0 Å². The summed E-state index contributed by atoms with van der Waals surface area (Å²) >= 11 is 0. The summed E-state index contributed by atoms with van der Waals surface area (Å²) in [6, 6.07) is 11.7. The second-order valence-electron chi connectivity index (χ2n) is 4.53. The standard InChI is InChI=1S/C15H13FN2O3/c1-10(11-5-3-2-4-6-11)17-15(19)13-9-12(18(20)21)7-8-14(13)16/h2-10H,1H3,(H,17,19). The van der Waals surface area contributed by atoms with E-state index in [0.29, 0.717) is 0 Å². The van der Waals surface area contributed by atoms with Gasteiger partial charge in [-0.25, -0.2) is 4.39 Å². The predicted molar refractivity (Wildman–Crippen MR) is 75.4 cm³/mol. The van der Waals surface area contributed by atoms with Crippen molar-refractivity contribution in [2.45, 2.75) is 13.0 Å². The van der Waals surface area contributed by atoms with Gasteiger partial charge in [-0.2, -0.15) is 0 Å². The molecule has 2 aromatic carbocycles. The topological polar surface area (TPSA) is 72.2 Å². The van der Waals surface area contributed by atoms with Crippen molar-refractivity contribution in [3.8, 4) is 0 Å². The summed E-state index contributed by atoms with van der Waals surface area (Å²) in [5, 5.41) is 13.3. The Hall–Kier alpha value is -2.76. The molecule has 0 saturated heterocycles. The van der Waals surface area contributed by atoms with Crippen LogP contribution in [0.4, 0.5) is 10.1 Å². The highest BCUT2D eigenvalue weighted by molar-refractivity contribution is 5.95. The first-order chi connectivity index (χ1) is 9.99. The Morgan fingerprint density at radius 2 is 1.90 bits per heavy atom. The molecule has 0 fully saturated rings. The first kappa shape index (κ1) is 14.6. The van der Waals surface area contributed by atoms with Crippen LogP contribution in [0.25, 0.3) is 0 Å². The van der Waals surface area contributed by atoms with E-state index < -0.39 is 16.6 Å². The molecule has 6 heteroatoms. The highest BCUT2D eigenvalue weighted by Gasteiger charge is 2.18. The SMILES string of the molecule is CC(NC(=O)c1cc([N+](=O)[O-])ccc1F)c1ccccc1. The number of nitro groups is 1. The number of non-ortho nitro benzene ring substituents is 1. The van der Waals surface area contributed by atoms with Gasteiger partial charge in [0, 0.05) is 12.1 Å². The Kier molecular flexibility index (Phi) is 4.27. The quantitative estimate of drug-likeness (QED) is 0.693. The van der Waals surface area contributed by atoms with Crippen molar-refractivity contribution in [2.24, 2.45) is 0 Å². The lowest BCUT2D eigenvalue weighted by molar-refractivity contribution is -0.384. The fourth-order valence-electron chi connectivity index (χ4n) is 1.90. The number of nitrogens with one attached hydrogen (secondary N) is 1. The zero-order valence-electron chi connectivity index (χ0n) is 11.2. The maximum atomic E-state index is 13.7. The third-order valence-electron chi connectivity index (χ3n) is 3.05. The fourth-order valence-corrected chi connectivity index (χ4v) is 1.90. The molecule has 0 spiro atoms. The van der Waals surface area contributed by atoms with Crippen LogP contribution in [0.3, 0.4) is 0 Å². The van der Waals surface area contributed by atoms with Gasteiger partial charge in [0.05, 0.1) is 16.5 Å². The molecule has 0 radical (unpaired) electrons. The van der Waals surface area contributed by atoms with Crippen LogP contribution in [0.1, 0.15) is 28.9 Å². The summed E-state index contributed by atoms with van der Waals surface area (Å²) in [5.74, 6) is -1.48. The second-order valence-corrected chi connectivity index (χ2v) is 4.53. The summed E-state index contributed by atoms with van der Waals surface area (Å²) in [6.07, 6.45) is 0. The molecular weight excluding hydrogens is 275 g/mol. The molecule has 1 unspecified atom stereocenters. The Balaban J connectivity index is 2.21. The molecule has 21 heavy (non-hydrogen) atoms. The van der Waals surface area contributed by atoms with Crippen molar-refractivity contribution in [3.63, 3.8) is 0 Å². The summed E-state index contributed by atoms with van der Waals surface area (Å²) in [7, 11) is 0. The maximum Gasteiger partial charge on any atom is 0.270 e. The van der Waals surface area contributed by atoms with Gasteiger partial charge >= 0.3 is 0 Å². The molecule has 0 saturated carbocycles. The van der Waals surface area contributed by atoms with Gasteiger partial charge in [0.1, 0.15) is 5.82 Å². The number of benzene rings is 2. The van der Waals surface area contributed by atoms with Crippen molar-refractivity contribution in [2.75, 3.05) is 0 Å². The van der Waals surface area contributed by atoms with Gasteiger partial charge in [-0.15, -0.1) is 0 Å². The van der Waals surface area contributed by atoms with E-state index in [1.54, 1.807) is 6.92 Å². The van der Waals surface area contributed by atoms with E-state index in [1.165, 1.54) is 0 Å². The lowest BCUT2D eigenvalue weighted by Crippen LogP contribution is -2.27. The zero-order chi connectivity index (χ0) is 15.4. The van der Waals surface area contributed by atoms with Crippen LogP contribution >= 0.6 is 0 Å². The zero-order valence-corrected chi connectivity index (χ0v) is 11.2. The predicted octanol–water partition coefficient (Wildman–Crippen LogP) is 3.22. The number of carbonyl (C=O) groups is 1. The van der Waals surface area contributed by atoms with Crippen LogP contribution in [0.15, 0.2) is 48.5 Å². The number of halogens is 1. The van der Waals surface area contributed by atoms with Gasteiger partial charge in [0.2, 0.25) is 0 Å². The third kappa shape index (κ3) is 3.42. The van der Waals surface area contributed by atoms with Crippen molar-refractivity contribution < 1.29 is 14.1 Å². The highest BCUT2D eigenvalue weighted by atomic mass is 19.1. The molecule has 5 nitrogen and oxygen atoms in total. The molecule has 1 N–H and O–H groups in total. The second kappa shape index (κ2) is 6.13. The van der Waals surface area contributed by atoms with Gasteiger partial charge in [0.25, 0.3) is 11.6 Å². The molecule has 2 aromatic rings. The number of hydrogen-bond donors (Lipinski definition) is 1. The number of nitro benzene ring substituents is 1. The average molecular weight is 288 g/mol. The van der Waals surface area contributed by atoms with E-state index in [9.17, 15) is 19.3 Å². The van der Waals surface area contributed by atoms with E-state index in [-0.39, 0.29) is 17.3 Å². The summed E-state index contributed by atoms with van der Waals surface area (Å²) in [5.41, 5.74) is 0.192. The lowest BCUT2D eigenvalue weighted by Gasteiger charge is -2.14. The van der Waals surface area contributed by atoms with Crippen LogP contribution in [0.5, 0.6) is 0 Å². The molecule has 1 amide bonds. The van der Waals surface area contributed by atoms with Crippen LogP contribution in [-0.4, -0.2) is 10.8 Å². The van der Waals surface area contributed by atoms with Crippen molar-refractivity contribution >= 4 is 11.6 Å². The van der Waals surface area contributed by atoms with Gasteiger partial charge in [0.15, 0.2) is 0 Å². The fraction of sp³-hybridized carbons (Fsp3) is 0.133. The molecule has 0 heterocycles. The monoisotopic (exact) mass is 288 g/mol. The number of nitrogens with zero attached hydrogens (tertiary/aromatic N) is 1. The molecule has 0 aliphatic heterocycles. The van der Waals surface area contributed by atoms with Crippen LogP contribution in [0.2, 0.25) is 0 Å². The Morgan fingerprint density at radius 1 is 1.24 bits per heavy atom. The van der Waals surface area contributed by atoms with E-state index in [2.05, 4.69) is 5.32 Å². The first-order valence-electron chi connectivity index (χ1n) is 6.29. The highest BCUT2D eigenvalue weighted by Crippen LogP contribution is 2.18. The van der Waals surface area contributed by atoms with Crippen LogP contribution < -0.4 is 5.32 Å². The van der Waals surface area contributed by atoms with Gasteiger partial charge < -0.3 is 5.32 Å². The molecule has 2 rings (SSSR count). The Labute approximate surface area is 120 Å². The van der Waals surface area contributed by atoms with Crippen molar-refractivity contribution in [1.82, 2.24) is 5.32 Å². The molecule has 0 aliphatic rings. The van der Waals surface area contributed by atoms with E-state index in [0.717, 1.165) is 23.8 Å². The minimum atomic E-state index is -0.793. The average Bonchev–Trinajstić information content (AvgIpc) is 2.48. The van der Waals surface area contributed by atoms with E-state index >= 15 is 0 Å². The minimum absolute atomic E-state index is 0.325. The molecular formula is C15H13FN2O3. The minimum Gasteiger partial charge on any atom is -0.345 e. The maximum absolute atomic E-state index is 13.7. The molecule has 0 aliphatic carbocycles. The Bertz CT molecular complexity index is 674. The first-order valence-corrected chi connectivity index (χ1v) is 6.29. The summed E-state index contributed by atoms with van der Waals surface area (Å²) < 4.78 is 13.7. The normalized spacial score (nSPS) is 11.7. The van der Waals surface area contributed by atoms with Gasteiger partial charge in [-0.05, 0) is 18.6 Å². The van der Waals surface area contributed by atoms with Gasteiger partial charge in [-0.3, -0.25) is 14.9 Å². The van der Waals surface area contributed by atoms with E-state index in [1.807, 2.05) is 30.3 Å².